The highest BCUT2D eigenvalue weighted by Gasteiger charge is 2.14. The van der Waals surface area contributed by atoms with E-state index >= 15 is 0 Å². The van der Waals surface area contributed by atoms with Gasteiger partial charge in [0.15, 0.2) is 0 Å². The average Bonchev–Trinajstić information content (AvgIpc) is 2.31. The lowest BCUT2D eigenvalue weighted by Gasteiger charge is -2.33. The Kier molecular flexibility index (Phi) is 3.41. The van der Waals surface area contributed by atoms with Crippen LogP contribution in [0.4, 0.5) is 5.69 Å². The molecule has 0 amide bonds. The largest absolute Gasteiger partial charge is 0.464 e. The molecular weight excluding hydrogens is 202 g/mol. The summed E-state index contributed by atoms with van der Waals surface area (Å²) < 4.78 is 5.22. The average molecular weight is 219 g/mol. The second kappa shape index (κ2) is 4.99. The van der Waals surface area contributed by atoms with E-state index in [2.05, 4.69) is 28.4 Å². The third-order valence-corrected chi connectivity index (χ3v) is 2.79. The van der Waals surface area contributed by atoms with Crippen LogP contribution < -0.4 is 9.64 Å². The predicted octanol–water partition coefficient (Wildman–Crippen LogP) is 1.36. The summed E-state index contributed by atoms with van der Waals surface area (Å²) in [4.78, 5) is 8.82. The maximum atomic E-state index is 5.22. The van der Waals surface area contributed by atoms with Crippen LogP contribution in [-0.4, -0.2) is 43.1 Å². The first-order chi connectivity index (χ1) is 7.79. The Morgan fingerprint density at radius 2 is 2.06 bits per heavy atom. The van der Waals surface area contributed by atoms with Crippen molar-refractivity contribution in [3.63, 3.8) is 0 Å². The Bertz CT molecular complexity index is 359. The van der Waals surface area contributed by atoms with Crippen molar-refractivity contribution >= 4 is 5.69 Å². The van der Waals surface area contributed by atoms with E-state index in [0.29, 0.717) is 0 Å². The molecule has 1 fully saturated rings. The normalized spacial score (nSPS) is 17.2. The summed E-state index contributed by atoms with van der Waals surface area (Å²) in [6.07, 6.45) is 4.99. The quantitative estimate of drug-likeness (QED) is 0.718. The van der Waals surface area contributed by atoms with E-state index in [9.17, 15) is 0 Å². The minimum Gasteiger partial charge on any atom is -0.464 e. The maximum Gasteiger partial charge on any atom is 0.146 e. The molecule has 4 nitrogen and oxygen atoms in total. The molecule has 0 unspecified atom stereocenters. The summed E-state index contributed by atoms with van der Waals surface area (Å²) in [7, 11) is 2.15. The van der Waals surface area contributed by atoms with E-state index in [1.807, 2.05) is 12.3 Å². The minimum absolute atomic E-state index is 0.742. The smallest absolute Gasteiger partial charge is 0.146 e. The van der Waals surface area contributed by atoms with Gasteiger partial charge in [0, 0.05) is 32.2 Å². The Morgan fingerprint density at radius 1 is 1.31 bits per heavy atom. The molecule has 2 heterocycles. The topological polar surface area (TPSA) is 28.6 Å². The van der Waals surface area contributed by atoms with Gasteiger partial charge in [-0.05, 0) is 7.05 Å². The number of nitrogens with zero attached hydrogens (tertiary/aromatic N) is 3. The predicted molar refractivity (Wildman–Crippen MR) is 64.8 cm³/mol. The van der Waals surface area contributed by atoms with Crippen LogP contribution in [0.3, 0.4) is 0 Å². The zero-order chi connectivity index (χ0) is 11.4. The monoisotopic (exact) mass is 219 g/mol. The van der Waals surface area contributed by atoms with E-state index in [0.717, 1.165) is 37.6 Å². The molecule has 4 heteroatoms. The third kappa shape index (κ3) is 2.52. The molecule has 86 valence electrons. The van der Waals surface area contributed by atoms with Crippen molar-refractivity contribution in [2.75, 3.05) is 38.1 Å². The van der Waals surface area contributed by atoms with Gasteiger partial charge in [0.1, 0.15) is 5.75 Å². The van der Waals surface area contributed by atoms with E-state index in [-0.39, 0.29) is 0 Å². The number of piperazine rings is 1. The molecule has 1 aromatic heterocycles. The molecule has 0 aliphatic carbocycles. The zero-order valence-electron chi connectivity index (χ0n) is 9.59. The van der Waals surface area contributed by atoms with Crippen LogP contribution in [0.2, 0.25) is 0 Å². The first-order valence-electron chi connectivity index (χ1n) is 5.45. The Morgan fingerprint density at radius 3 is 2.75 bits per heavy atom. The summed E-state index contributed by atoms with van der Waals surface area (Å²) in [5, 5.41) is 0. The molecule has 1 saturated heterocycles. The molecule has 2 rings (SSSR count). The molecule has 16 heavy (non-hydrogen) atoms. The standard InChI is InChI=1S/C12H17N3O/c1-3-16-12-8-11(9-13-10-12)15-6-4-14(2)5-7-15/h3,8-10H,1,4-7H2,2H3. The van der Waals surface area contributed by atoms with E-state index in [1.54, 1.807) is 6.20 Å². The second-order valence-corrected chi connectivity index (χ2v) is 3.95. The SMILES string of the molecule is C=COc1cncc(N2CCN(C)CC2)c1. The van der Waals surface area contributed by atoms with Crippen molar-refractivity contribution in [2.45, 2.75) is 0 Å². The van der Waals surface area contributed by atoms with Gasteiger partial charge >= 0.3 is 0 Å². The van der Waals surface area contributed by atoms with Crippen molar-refractivity contribution < 1.29 is 4.74 Å². The highest BCUT2D eigenvalue weighted by atomic mass is 16.5. The van der Waals surface area contributed by atoms with Gasteiger partial charge in [-0.25, -0.2) is 0 Å². The van der Waals surface area contributed by atoms with Crippen LogP contribution >= 0.6 is 0 Å². The lowest BCUT2D eigenvalue weighted by molar-refractivity contribution is 0.312. The van der Waals surface area contributed by atoms with Gasteiger partial charge in [-0.3, -0.25) is 4.98 Å². The number of ether oxygens (including phenoxy) is 1. The van der Waals surface area contributed by atoms with Crippen molar-refractivity contribution in [1.82, 2.24) is 9.88 Å². The number of pyridine rings is 1. The van der Waals surface area contributed by atoms with Gasteiger partial charge in [0.2, 0.25) is 0 Å². The summed E-state index contributed by atoms with van der Waals surface area (Å²) in [5.74, 6) is 0.742. The van der Waals surface area contributed by atoms with Crippen molar-refractivity contribution in [3.8, 4) is 5.75 Å². The van der Waals surface area contributed by atoms with Gasteiger partial charge in [-0.1, -0.05) is 6.58 Å². The van der Waals surface area contributed by atoms with Crippen LogP contribution in [0.15, 0.2) is 31.3 Å². The highest BCUT2D eigenvalue weighted by Crippen LogP contribution is 2.20. The van der Waals surface area contributed by atoms with Gasteiger partial charge in [-0.15, -0.1) is 0 Å². The third-order valence-electron chi connectivity index (χ3n) is 2.79. The molecule has 1 aliphatic heterocycles. The molecular formula is C12H17N3O. The van der Waals surface area contributed by atoms with Gasteiger partial charge in [0.25, 0.3) is 0 Å². The van der Waals surface area contributed by atoms with Crippen LogP contribution in [0.25, 0.3) is 0 Å². The molecule has 1 aliphatic rings. The van der Waals surface area contributed by atoms with Crippen LogP contribution in [0.1, 0.15) is 0 Å². The molecule has 1 aromatic rings. The number of likely N-dealkylation sites (N-methyl/N-ethyl adjacent to an activating group) is 1. The summed E-state index contributed by atoms with van der Waals surface area (Å²) in [6, 6.07) is 2.00. The van der Waals surface area contributed by atoms with Crippen molar-refractivity contribution in [3.05, 3.63) is 31.3 Å². The molecule has 0 aromatic carbocycles. The highest BCUT2D eigenvalue weighted by molar-refractivity contribution is 5.48. The van der Waals surface area contributed by atoms with Crippen LogP contribution in [0.5, 0.6) is 5.75 Å². The first kappa shape index (κ1) is 11.0. The Hall–Kier alpha value is -1.55. The maximum absolute atomic E-state index is 5.22. The second-order valence-electron chi connectivity index (χ2n) is 3.95. The van der Waals surface area contributed by atoms with E-state index in [1.165, 1.54) is 6.26 Å². The number of anilines is 1. The number of hydrogen-bond donors (Lipinski definition) is 0. The lowest BCUT2D eigenvalue weighted by Crippen LogP contribution is -2.44. The lowest BCUT2D eigenvalue weighted by atomic mass is 10.3. The number of hydrogen-bond acceptors (Lipinski definition) is 4. The summed E-state index contributed by atoms with van der Waals surface area (Å²) >= 11 is 0. The van der Waals surface area contributed by atoms with Crippen LogP contribution in [-0.2, 0) is 0 Å². The summed E-state index contributed by atoms with van der Waals surface area (Å²) in [6.45, 7) is 7.79. The van der Waals surface area contributed by atoms with Crippen molar-refractivity contribution in [1.29, 1.82) is 0 Å². The molecule has 0 spiro atoms. The van der Waals surface area contributed by atoms with Crippen LogP contribution in [0, 0.1) is 0 Å². The van der Waals surface area contributed by atoms with E-state index < -0.39 is 0 Å². The van der Waals surface area contributed by atoms with E-state index in [4.69, 9.17) is 4.74 Å². The van der Waals surface area contributed by atoms with Crippen molar-refractivity contribution in [2.24, 2.45) is 0 Å². The van der Waals surface area contributed by atoms with Gasteiger partial charge < -0.3 is 14.5 Å². The zero-order valence-corrected chi connectivity index (χ0v) is 9.59. The van der Waals surface area contributed by atoms with Gasteiger partial charge in [-0.2, -0.15) is 0 Å². The molecule has 0 saturated carbocycles. The first-order valence-corrected chi connectivity index (χ1v) is 5.45. The Labute approximate surface area is 96.1 Å². The summed E-state index contributed by atoms with van der Waals surface area (Å²) in [5.41, 5.74) is 1.12. The molecule has 0 atom stereocenters. The fourth-order valence-electron chi connectivity index (χ4n) is 1.81. The molecule has 0 bridgehead atoms. The molecule has 0 radical (unpaired) electrons. The fourth-order valence-corrected chi connectivity index (χ4v) is 1.81. The fraction of sp³-hybridized carbons (Fsp3) is 0.417. The number of aromatic nitrogens is 1. The molecule has 0 N–H and O–H groups in total. The van der Waals surface area contributed by atoms with Gasteiger partial charge in [0.05, 0.1) is 24.3 Å². The Balaban J connectivity index is 2.08. The minimum atomic E-state index is 0.742. The number of rotatable bonds is 3.